The molecule has 0 amide bonds. The molecular weight excluding hydrogens is 400 g/mol. The van der Waals surface area contributed by atoms with E-state index in [2.05, 4.69) is 0 Å². The van der Waals surface area contributed by atoms with Crippen LogP contribution in [0.4, 0.5) is 0 Å². The number of hydrogen-bond donors (Lipinski definition) is 2. The Bertz CT molecular complexity index is 4.00. The average molecular weight is 402 g/mol. The number of hydrogen-bond acceptors (Lipinski definition) is 2. The fourth-order valence-corrected chi connectivity index (χ4v) is 0. The Kier molecular flexibility index (Phi) is 19.9. The van der Waals surface area contributed by atoms with E-state index >= 15 is 0 Å². The molecular formula is H2O2W2. The Labute approximate surface area is 47.9 Å². The first-order valence-electron chi connectivity index (χ1n) is 0.365. The van der Waals surface area contributed by atoms with E-state index in [9.17, 15) is 0 Å². The first kappa shape index (κ1) is 9.00. The van der Waals surface area contributed by atoms with Gasteiger partial charge < -0.3 is 0 Å². The van der Waals surface area contributed by atoms with Gasteiger partial charge in [0.15, 0.2) is 0 Å². The van der Waals surface area contributed by atoms with E-state index in [1.807, 2.05) is 0 Å². The van der Waals surface area contributed by atoms with Crippen LogP contribution in [0.15, 0.2) is 0 Å². The van der Waals surface area contributed by atoms with Gasteiger partial charge in [-0.3, -0.25) is 0 Å². The molecule has 0 aromatic heterocycles. The smallest absolute Gasteiger partial charge is 0 e. The molecule has 0 rings (SSSR count). The maximum atomic E-state index is 7.29. The van der Waals surface area contributed by atoms with Gasteiger partial charge in [-0.15, -0.1) is 0 Å². The largest absolute Gasteiger partial charge is 0 e. The molecule has 0 saturated carbocycles. The predicted molar refractivity (Wildman–Crippen MR) is 4.44 cm³/mol. The van der Waals surface area contributed by atoms with Gasteiger partial charge in [0.25, 0.3) is 0 Å². The Morgan fingerprint density at radius 1 is 1.25 bits per heavy atom. The van der Waals surface area contributed by atoms with Gasteiger partial charge in [0.05, 0.1) is 0 Å². The minimum absolute atomic E-state index is 0. The van der Waals surface area contributed by atoms with Crippen molar-refractivity contribution in [3.05, 3.63) is 0 Å². The molecule has 0 spiro atoms. The maximum absolute atomic E-state index is 7.29. The standard InChI is InChI=1S/2H2O.2W/h2*1H2;;/q;;;+2/p-2. The Balaban J connectivity index is 0. The molecule has 2 N–H and O–H groups in total. The fourth-order valence-electron chi connectivity index (χ4n) is 0. The molecule has 0 aliphatic heterocycles. The SMILES string of the molecule is [OH][W][OH].[W]. The maximum Gasteiger partial charge on any atom is 0 e. The van der Waals surface area contributed by atoms with Crippen molar-refractivity contribution in [2.24, 2.45) is 0 Å². The van der Waals surface area contributed by atoms with Crippen LogP contribution in [0, 0.1) is 0 Å². The molecule has 0 bridgehead atoms. The van der Waals surface area contributed by atoms with Crippen molar-refractivity contribution in [3.8, 4) is 0 Å². The van der Waals surface area contributed by atoms with Crippen LogP contribution in [0.1, 0.15) is 0 Å². The summed E-state index contributed by atoms with van der Waals surface area (Å²) in [4.78, 5) is 0. The molecule has 0 aromatic rings. The second-order valence-electron chi connectivity index (χ2n) is 0.0816. The van der Waals surface area contributed by atoms with Crippen molar-refractivity contribution < 1.29 is 47.9 Å². The normalized spacial score (nSPS) is 4.50. The van der Waals surface area contributed by atoms with Crippen molar-refractivity contribution in [2.45, 2.75) is 0 Å². The van der Waals surface area contributed by atoms with Gasteiger partial charge in [0.2, 0.25) is 0 Å². The van der Waals surface area contributed by atoms with Crippen LogP contribution in [0.3, 0.4) is 0 Å². The van der Waals surface area contributed by atoms with Crippen LogP contribution in [-0.4, -0.2) is 7.52 Å². The summed E-state index contributed by atoms with van der Waals surface area (Å²) in [6.45, 7) is 0. The predicted octanol–water partition coefficient (Wildman–Crippen LogP) is -1.12. The van der Waals surface area contributed by atoms with E-state index in [-0.39, 0.29) is 21.1 Å². The summed E-state index contributed by atoms with van der Waals surface area (Å²) >= 11 is -1.75. The Morgan fingerprint density at radius 3 is 1.25 bits per heavy atom. The molecule has 0 aliphatic rings. The molecule has 0 aliphatic carbocycles. The minimum Gasteiger partial charge on any atom is 0 e. The van der Waals surface area contributed by atoms with Crippen LogP contribution in [0.5, 0.6) is 0 Å². The van der Waals surface area contributed by atoms with Crippen LogP contribution in [-0.2, 0) is 40.4 Å². The topological polar surface area (TPSA) is 40.5 Å². The van der Waals surface area contributed by atoms with Crippen LogP contribution < -0.4 is 0 Å². The van der Waals surface area contributed by atoms with Gasteiger partial charge in [-0.2, -0.15) is 0 Å². The minimum atomic E-state index is -1.75. The molecule has 0 heterocycles. The molecule has 4 heteroatoms. The van der Waals surface area contributed by atoms with Crippen LogP contribution >= 0.6 is 0 Å². The van der Waals surface area contributed by atoms with Gasteiger partial charge in [-0.1, -0.05) is 0 Å². The zero-order valence-electron chi connectivity index (χ0n) is 1.71. The first-order chi connectivity index (χ1) is 1.41. The quantitative estimate of drug-likeness (QED) is 0.540. The summed E-state index contributed by atoms with van der Waals surface area (Å²) in [6.07, 6.45) is 0. The van der Waals surface area contributed by atoms with E-state index < -0.39 is 19.3 Å². The molecule has 0 saturated heterocycles. The molecule has 0 atom stereocenters. The van der Waals surface area contributed by atoms with Crippen molar-refractivity contribution in [1.82, 2.24) is 0 Å². The van der Waals surface area contributed by atoms with Crippen molar-refractivity contribution in [2.75, 3.05) is 0 Å². The van der Waals surface area contributed by atoms with E-state index in [1.165, 1.54) is 0 Å². The van der Waals surface area contributed by atoms with Gasteiger partial charge in [0, 0.05) is 21.1 Å². The van der Waals surface area contributed by atoms with Crippen LogP contribution in [0.25, 0.3) is 0 Å². The zero-order valence-corrected chi connectivity index (χ0v) is 7.58. The monoisotopic (exact) mass is 402 g/mol. The summed E-state index contributed by atoms with van der Waals surface area (Å²) in [5.74, 6) is 0. The molecule has 0 unspecified atom stereocenters. The van der Waals surface area contributed by atoms with Crippen molar-refractivity contribution >= 4 is 0 Å². The molecule has 0 fully saturated rings. The van der Waals surface area contributed by atoms with Crippen LogP contribution in [0.2, 0.25) is 0 Å². The third-order valence-electron chi connectivity index (χ3n) is 0. The fraction of sp³-hybridized carbons (Fsp3) is 0. The summed E-state index contributed by atoms with van der Waals surface area (Å²) < 4.78 is 14.6. The molecule has 0 radical (unpaired) electrons. The second kappa shape index (κ2) is 8.85. The molecule has 26 valence electrons. The molecule has 0 aromatic carbocycles. The molecule has 4 heavy (non-hydrogen) atoms. The van der Waals surface area contributed by atoms with E-state index in [0.717, 1.165) is 0 Å². The summed E-state index contributed by atoms with van der Waals surface area (Å²) in [7, 11) is 0. The van der Waals surface area contributed by atoms with Gasteiger partial charge in [-0.25, -0.2) is 0 Å². The second-order valence-corrected chi connectivity index (χ2v) is 0.668. The van der Waals surface area contributed by atoms with Gasteiger partial charge >= 0.3 is 26.8 Å². The van der Waals surface area contributed by atoms with Gasteiger partial charge in [0.1, 0.15) is 0 Å². The van der Waals surface area contributed by atoms with E-state index in [0.29, 0.717) is 0 Å². The summed E-state index contributed by atoms with van der Waals surface area (Å²) in [5.41, 5.74) is 0. The van der Waals surface area contributed by atoms with E-state index in [4.69, 9.17) is 7.52 Å². The van der Waals surface area contributed by atoms with E-state index in [1.54, 1.807) is 0 Å². The zero-order chi connectivity index (χ0) is 2.71. The third-order valence-corrected chi connectivity index (χ3v) is 0. The van der Waals surface area contributed by atoms with Gasteiger partial charge in [-0.05, 0) is 0 Å². The molecule has 2 nitrogen and oxygen atoms in total. The van der Waals surface area contributed by atoms with Crippen molar-refractivity contribution in [3.63, 3.8) is 0 Å². The Hall–Kier alpha value is 1.30. The first-order valence-corrected chi connectivity index (χ1v) is 2.99. The number of rotatable bonds is 0. The summed E-state index contributed by atoms with van der Waals surface area (Å²) in [5, 5.41) is 0. The third kappa shape index (κ3) is 10.3. The van der Waals surface area contributed by atoms with Crippen molar-refractivity contribution in [1.29, 1.82) is 0 Å². The summed E-state index contributed by atoms with van der Waals surface area (Å²) in [6, 6.07) is 0. The average Bonchev–Trinajstić information content (AvgIpc) is 0.918. The Morgan fingerprint density at radius 2 is 1.25 bits per heavy atom.